The van der Waals surface area contributed by atoms with Gasteiger partial charge in [-0.05, 0) is 31.6 Å². The Bertz CT molecular complexity index is 439. The van der Waals surface area contributed by atoms with E-state index in [0.29, 0.717) is 17.8 Å². The smallest absolute Gasteiger partial charge is 0.131 e. The minimum atomic E-state index is 0.340. The van der Waals surface area contributed by atoms with Crippen LogP contribution < -0.4 is 4.90 Å². The first-order valence-corrected chi connectivity index (χ1v) is 8.21. The molecule has 1 aromatic heterocycles. The Hall–Kier alpha value is -0.830. The van der Waals surface area contributed by atoms with Crippen LogP contribution in [0.15, 0.2) is 6.20 Å². The third-order valence-electron chi connectivity index (χ3n) is 4.42. The molecule has 0 atom stereocenters. The summed E-state index contributed by atoms with van der Waals surface area (Å²) in [7, 11) is 2.16. The van der Waals surface area contributed by atoms with Crippen molar-refractivity contribution in [3.05, 3.63) is 17.7 Å². The molecule has 2 rings (SSSR count). The lowest BCUT2D eigenvalue weighted by atomic mass is 9.86. The van der Waals surface area contributed by atoms with Crippen molar-refractivity contribution in [3.63, 3.8) is 0 Å². The first-order chi connectivity index (χ1) is 9.52. The standard InChI is InChI=1S/C16H26ClN3/c1-11(2)16-18-10-15(14(9-17)19-16)20(4)13-7-5-12(3)6-8-13/h10-13H,5-9H2,1-4H3. The molecule has 1 aromatic rings. The van der Waals surface area contributed by atoms with Gasteiger partial charge in [0, 0.05) is 19.0 Å². The monoisotopic (exact) mass is 295 g/mol. The molecule has 0 amide bonds. The first-order valence-electron chi connectivity index (χ1n) is 7.67. The van der Waals surface area contributed by atoms with Crippen LogP contribution in [0.4, 0.5) is 5.69 Å². The summed E-state index contributed by atoms with van der Waals surface area (Å²) in [4.78, 5) is 11.5. The number of anilines is 1. The van der Waals surface area contributed by atoms with Crippen molar-refractivity contribution in [3.8, 4) is 0 Å². The average Bonchev–Trinajstić information content (AvgIpc) is 2.46. The molecule has 0 saturated heterocycles. The highest BCUT2D eigenvalue weighted by molar-refractivity contribution is 6.17. The molecule has 1 fully saturated rings. The van der Waals surface area contributed by atoms with Crippen molar-refractivity contribution in [2.45, 2.75) is 64.3 Å². The summed E-state index contributed by atoms with van der Waals surface area (Å²) in [5.74, 6) is 2.54. The van der Waals surface area contributed by atoms with E-state index < -0.39 is 0 Å². The van der Waals surface area contributed by atoms with Crippen molar-refractivity contribution >= 4 is 17.3 Å². The van der Waals surface area contributed by atoms with E-state index in [1.807, 2.05) is 6.20 Å². The summed E-state index contributed by atoms with van der Waals surface area (Å²) in [6, 6.07) is 0.599. The largest absolute Gasteiger partial charge is 0.369 e. The summed E-state index contributed by atoms with van der Waals surface area (Å²) in [5, 5.41) is 0. The Morgan fingerprint density at radius 1 is 1.30 bits per heavy atom. The number of aromatic nitrogens is 2. The van der Waals surface area contributed by atoms with Crippen molar-refractivity contribution in [2.75, 3.05) is 11.9 Å². The van der Waals surface area contributed by atoms with Crippen molar-refractivity contribution in [2.24, 2.45) is 5.92 Å². The maximum atomic E-state index is 6.10. The Kier molecular flexibility index (Phi) is 5.25. The molecule has 112 valence electrons. The quantitative estimate of drug-likeness (QED) is 0.773. The summed E-state index contributed by atoms with van der Waals surface area (Å²) in [6.45, 7) is 6.57. The second-order valence-corrected chi connectivity index (χ2v) is 6.64. The van der Waals surface area contributed by atoms with Gasteiger partial charge in [-0.15, -0.1) is 11.6 Å². The van der Waals surface area contributed by atoms with Gasteiger partial charge in [-0.3, -0.25) is 0 Å². The fourth-order valence-corrected chi connectivity index (χ4v) is 3.12. The molecule has 0 unspecified atom stereocenters. The van der Waals surface area contributed by atoms with Crippen molar-refractivity contribution in [1.82, 2.24) is 9.97 Å². The molecule has 0 aromatic carbocycles. The van der Waals surface area contributed by atoms with E-state index in [1.165, 1.54) is 25.7 Å². The SMILES string of the molecule is CC1CCC(N(C)c2cnc(C(C)C)nc2CCl)CC1. The molecule has 3 nitrogen and oxygen atoms in total. The van der Waals surface area contributed by atoms with E-state index in [4.69, 9.17) is 11.6 Å². The van der Waals surface area contributed by atoms with Crippen LogP contribution in [-0.2, 0) is 5.88 Å². The predicted octanol–water partition coefficient (Wildman–Crippen LogP) is 4.35. The molecule has 1 aliphatic rings. The lowest BCUT2D eigenvalue weighted by Crippen LogP contribution is -2.35. The summed E-state index contributed by atoms with van der Waals surface area (Å²) >= 11 is 6.10. The van der Waals surface area contributed by atoms with Crippen LogP contribution in [0.5, 0.6) is 0 Å². The molecule has 0 aliphatic heterocycles. The van der Waals surface area contributed by atoms with Crippen LogP contribution >= 0.6 is 11.6 Å². The van der Waals surface area contributed by atoms with E-state index in [2.05, 4.69) is 42.7 Å². The maximum absolute atomic E-state index is 6.10. The summed E-state index contributed by atoms with van der Waals surface area (Å²) < 4.78 is 0. The lowest BCUT2D eigenvalue weighted by Gasteiger charge is -2.35. The van der Waals surface area contributed by atoms with E-state index >= 15 is 0 Å². The summed E-state index contributed by atoms with van der Waals surface area (Å²) in [5.41, 5.74) is 2.07. The number of rotatable bonds is 4. The van der Waals surface area contributed by atoms with Gasteiger partial charge in [-0.2, -0.15) is 0 Å². The van der Waals surface area contributed by atoms with Crippen LogP contribution in [-0.4, -0.2) is 23.1 Å². The lowest BCUT2D eigenvalue weighted by molar-refractivity contribution is 0.340. The van der Waals surface area contributed by atoms with Gasteiger partial charge in [0.2, 0.25) is 0 Å². The second-order valence-electron chi connectivity index (χ2n) is 6.37. The van der Waals surface area contributed by atoms with Gasteiger partial charge in [0.1, 0.15) is 5.82 Å². The van der Waals surface area contributed by atoms with Crippen LogP contribution in [0.3, 0.4) is 0 Å². The zero-order chi connectivity index (χ0) is 14.7. The zero-order valence-electron chi connectivity index (χ0n) is 13.1. The molecule has 1 heterocycles. The fourth-order valence-electron chi connectivity index (χ4n) is 2.92. The van der Waals surface area contributed by atoms with Gasteiger partial charge in [-0.25, -0.2) is 9.97 Å². The zero-order valence-corrected chi connectivity index (χ0v) is 13.8. The third kappa shape index (κ3) is 3.43. The van der Waals surface area contributed by atoms with Crippen LogP contribution in [0.2, 0.25) is 0 Å². The Balaban J connectivity index is 2.18. The fraction of sp³-hybridized carbons (Fsp3) is 0.750. The van der Waals surface area contributed by atoms with Crippen LogP contribution in [0.25, 0.3) is 0 Å². The van der Waals surface area contributed by atoms with Gasteiger partial charge in [0.25, 0.3) is 0 Å². The molecular formula is C16H26ClN3. The van der Waals surface area contributed by atoms with Gasteiger partial charge in [-0.1, -0.05) is 20.8 Å². The number of hydrogen-bond acceptors (Lipinski definition) is 3. The molecular weight excluding hydrogens is 270 g/mol. The molecule has 0 spiro atoms. The normalized spacial score (nSPS) is 23.1. The molecule has 0 radical (unpaired) electrons. The molecule has 4 heteroatoms. The Labute approximate surface area is 127 Å². The number of halogens is 1. The van der Waals surface area contributed by atoms with Crippen molar-refractivity contribution in [1.29, 1.82) is 0 Å². The number of nitrogens with zero attached hydrogens (tertiary/aromatic N) is 3. The van der Waals surface area contributed by atoms with Crippen LogP contribution in [0.1, 0.15) is 63.9 Å². The molecule has 1 saturated carbocycles. The van der Waals surface area contributed by atoms with E-state index in [0.717, 1.165) is 23.1 Å². The molecule has 0 N–H and O–H groups in total. The van der Waals surface area contributed by atoms with Crippen LogP contribution in [0, 0.1) is 5.92 Å². The van der Waals surface area contributed by atoms with Crippen molar-refractivity contribution < 1.29 is 0 Å². The third-order valence-corrected chi connectivity index (χ3v) is 4.67. The number of hydrogen-bond donors (Lipinski definition) is 0. The van der Waals surface area contributed by atoms with E-state index in [9.17, 15) is 0 Å². The second kappa shape index (κ2) is 6.75. The van der Waals surface area contributed by atoms with Gasteiger partial charge < -0.3 is 4.90 Å². The molecule has 0 bridgehead atoms. The molecule has 20 heavy (non-hydrogen) atoms. The van der Waals surface area contributed by atoms with E-state index in [1.54, 1.807) is 0 Å². The van der Waals surface area contributed by atoms with E-state index in [-0.39, 0.29) is 0 Å². The first kappa shape index (κ1) is 15.6. The highest BCUT2D eigenvalue weighted by atomic mass is 35.5. The van der Waals surface area contributed by atoms with Gasteiger partial charge >= 0.3 is 0 Å². The highest BCUT2D eigenvalue weighted by Gasteiger charge is 2.24. The van der Waals surface area contributed by atoms with Gasteiger partial charge in [0.15, 0.2) is 0 Å². The number of alkyl halides is 1. The Morgan fingerprint density at radius 2 is 1.95 bits per heavy atom. The topological polar surface area (TPSA) is 29.0 Å². The predicted molar refractivity (Wildman–Crippen MR) is 85.5 cm³/mol. The Morgan fingerprint density at radius 3 is 2.50 bits per heavy atom. The van der Waals surface area contributed by atoms with Gasteiger partial charge in [0.05, 0.1) is 23.5 Å². The summed E-state index contributed by atoms with van der Waals surface area (Å²) in [6.07, 6.45) is 7.10. The molecule has 1 aliphatic carbocycles. The average molecular weight is 296 g/mol. The maximum Gasteiger partial charge on any atom is 0.131 e. The minimum Gasteiger partial charge on any atom is -0.369 e. The highest BCUT2D eigenvalue weighted by Crippen LogP contribution is 2.31. The minimum absolute atomic E-state index is 0.340.